The highest BCUT2D eigenvalue weighted by Gasteiger charge is 2.27. The number of thioether (sulfide) groups is 1. The molecule has 0 aromatic carbocycles. The maximum atomic E-state index is 12.0. The van der Waals surface area contributed by atoms with Crippen molar-refractivity contribution >= 4 is 23.8 Å². The Labute approximate surface area is 117 Å². The molecule has 0 radical (unpaired) electrons. The van der Waals surface area contributed by atoms with E-state index in [-0.39, 0.29) is 12.1 Å². The summed E-state index contributed by atoms with van der Waals surface area (Å²) in [5, 5.41) is 11.7. The minimum absolute atomic E-state index is 0.207. The van der Waals surface area contributed by atoms with E-state index in [0.29, 0.717) is 19.4 Å². The summed E-state index contributed by atoms with van der Waals surface area (Å²) in [6, 6.07) is -0.949. The van der Waals surface area contributed by atoms with Gasteiger partial charge in [-0.3, -0.25) is 0 Å². The maximum absolute atomic E-state index is 12.0. The molecule has 0 aliphatic carbocycles. The van der Waals surface area contributed by atoms with Crippen molar-refractivity contribution in [1.29, 1.82) is 0 Å². The van der Waals surface area contributed by atoms with Gasteiger partial charge in [0.05, 0.1) is 0 Å². The molecule has 19 heavy (non-hydrogen) atoms. The number of methoxy groups -OCH3 is 1. The minimum Gasteiger partial charge on any atom is -0.480 e. The third-order valence-corrected chi connectivity index (χ3v) is 4.36. The van der Waals surface area contributed by atoms with Crippen molar-refractivity contribution in [2.45, 2.75) is 31.3 Å². The molecule has 1 aliphatic rings. The predicted octanol–water partition coefficient (Wildman–Crippen LogP) is 1.01. The Morgan fingerprint density at radius 2 is 2.32 bits per heavy atom. The summed E-state index contributed by atoms with van der Waals surface area (Å²) in [6.07, 6.45) is 1.95. The Morgan fingerprint density at radius 3 is 2.84 bits per heavy atom. The van der Waals surface area contributed by atoms with Crippen LogP contribution >= 0.6 is 11.8 Å². The minimum atomic E-state index is -1.00. The SMILES string of the molecule is COCCCC(NC(=O)N(C)C1CCSC1)C(=O)O. The molecule has 2 unspecified atom stereocenters. The molecule has 0 saturated carbocycles. The largest absolute Gasteiger partial charge is 0.480 e. The zero-order valence-corrected chi connectivity index (χ0v) is 12.2. The van der Waals surface area contributed by atoms with E-state index in [1.165, 1.54) is 0 Å². The van der Waals surface area contributed by atoms with Crippen LogP contribution in [0.1, 0.15) is 19.3 Å². The lowest BCUT2D eigenvalue weighted by Gasteiger charge is -2.26. The fraction of sp³-hybridized carbons (Fsp3) is 0.833. The van der Waals surface area contributed by atoms with E-state index >= 15 is 0 Å². The third-order valence-electron chi connectivity index (χ3n) is 3.21. The van der Waals surface area contributed by atoms with Crippen LogP contribution in [0.5, 0.6) is 0 Å². The van der Waals surface area contributed by atoms with Crippen LogP contribution in [-0.2, 0) is 9.53 Å². The number of carbonyl (C=O) groups is 2. The predicted molar refractivity (Wildman–Crippen MR) is 74.6 cm³/mol. The molecule has 0 aromatic rings. The van der Waals surface area contributed by atoms with E-state index in [4.69, 9.17) is 9.84 Å². The number of carboxylic acid groups (broad SMARTS) is 1. The monoisotopic (exact) mass is 290 g/mol. The summed E-state index contributed by atoms with van der Waals surface area (Å²) in [4.78, 5) is 24.7. The smallest absolute Gasteiger partial charge is 0.326 e. The molecular formula is C12H22N2O4S. The van der Waals surface area contributed by atoms with E-state index in [1.807, 2.05) is 11.8 Å². The van der Waals surface area contributed by atoms with Crippen molar-refractivity contribution in [3.63, 3.8) is 0 Å². The topological polar surface area (TPSA) is 78.9 Å². The Kier molecular flexibility index (Phi) is 7.01. The molecule has 1 fully saturated rings. The number of hydrogen-bond acceptors (Lipinski definition) is 4. The van der Waals surface area contributed by atoms with Crippen LogP contribution in [0.2, 0.25) is 0 Å². The molecule has 2 atom stereocenters. The van der Waals surface area contributed by atoms with Gasteiger partial charge in [0.1, 0.15) is 6.04 Å². The van der Waals surface area contributed by atoms with Crippen molar-refractivity contribution in [2.24, 2.45) is 0 Å². The van der Waals surface area contributed by atoms with Gasteiger partial charge >= 0.3 is 12.0 Å². The number of aliphatic carboxylic acids is 1. The number of hydrogen-bond donors (Lipinski definition) is 2. The zero-order chi connectivity index (χ0) is 14.3. The molecule has 1 heterocycles. The first-order chi connectivity index (χ1) is 9.06. The Hall–Kier alpha value is -0.950. The van der Waals surface area contributed by atoms with Crippen molar-refractivity contribution < 1.29 is 19.4 Å². The second-order valence-electron chi connectivity index (χ2n) is 4.60. The molecule has 0 spiro atoms. The fourth-order valence-electron chi connectivity index (χ4n) is 1.93. The number of carbonyl (C=O) groups excluding carboxylic acids is 1. The van der Waals surface area contributed by atoms with Crippen LogP contribution in [0.25, 0.3) is 0 Å². The molecule has 1 rings (SSSR count). The summed E-state index contributed by atoms with van der Waals surface area (Å²) in [5.74, 6) is 0.975. The summed E-state index contributed by atoms with van der Waals surface area (Å²) in [7, 11) is 3.29. The summed E-state index contributed by atoms with van der Waals surface area (Å²) in [5.41, 5.74) is 0. The number of nitrogens with one attached hydrogen (secondary N) is 1. The maximum Gasteiger partial charge on any atom is 0.326 e. The van der Waals surface area contributed by atoms with Gasteiger partial charge in [0.15, 0.2) is 0 Å². The molecule has 110 valence electrons. The normalized spacial score (nSPS) is 20.0. The van der Waals surface area contributed by atoms with Crippen molar-refractivity contribution in [2.75, 3.05) is 32.3 Å². The van der Waals surface area contributed by atoms with Crippen LogP contribution in [-0.4, -0.2) is 66.4 Å². The average molecular weight is 290 g/mol. The Morgan fingerprint density at radius 1 is 1.58 bits per heavy atom. The second-order valence-corrected chi connectivity index (χ2v) is 5.75. The van der Waals surface area contributed by atoms with Crippen molar-refractivity contribution in [3.8, 4) is 0 Å². The first kappa shape index (κ1) is 16.1. The Balaban J connectivity index is 2.43. The number of ether oxygens (including phenoxy) is 1. The van der Waals surface area contributed by atoms with Crippen LogP contribution in [0, 0.1) is 0 Å². The van der Waals surface area contributed by atoms with Crippen LogP contribution in [0.15, 0.2) is 0 Å². The molecule has 1 aliphatic heterocycles. The molecule has 1 saturated heterocycles. The van der Waals surface area contributed by atoms with Gasteiger partial charge in [-0.05, 0) is 25.0 Å². The summed E-state index contributed by atoms with van der Waals surface area (Å²) < 4.78 is 4.89. The van der Waals surface area contributed by atoms with Gasteiger partial charge in [0.2, 0.25) is 0 Å². The van der Waals surface area contributed by atoms with Gasteiger partial charge in [-0.2, -0.15) is 11.8 Å². The lowest BCUT2D eigenvalue weighted by molar-refractivity contribution is -0.139. The van der Waals surface area contributed by atoms with Gasteiger partial charge in [0.25, 0.3) is 0 Å². The van der Waals surface area contributed by atoms with E-state index < -0.39 is 12.0 Å². The molecular weight excluding hydrogens is 268 g/mol. The molecule has 0 bridgehead atoms. The zero-order valence-electron chi connectivity index (χ0n) is 11.4. The number of amides is 2. The number of urea groups is 1. The average Bonchev–Trinajstić information content (AvgIpc) is 2.90. The number of carboxylic acids is 1. The second kappa shape index (κ2) is 8.27. The van der Waals surface area contributed by atoms with E-state index in [2.05, 4.69) is 5.32 Å². The highest BCUT2D eigenvalue weighted by atomic mass is 32.2. The summed E-state index contributed by atoms with van der Waals surface area (Å²) >= 11 is 1.82. The van der Waals surface area contributed by atoms with Crippen LogP contribution in [0.3, 0.4) is 0 Å². The highest BCUT2D eigenvalue weighted by molar-refractivity contribution is 7.99. The van der Waals surface area contributed by atoms with Gasteiger partial charge in [-0.1, -0.05) is 0 Å². The van der Waals surface area contributed by atoms with Crippen LogP contribution < -0.4 is 5.32 Å². The lowest BCUT2D eigenvalue weighted by atomic mass is 10.1. The van der Waals surface area contributed by atoms with Gasteiger partial charge < -0.3 is 20.1 Å². The van der Waals surface area contributed by atoms with Crippen molar-refractivity contribution in [1.82, 2.24) is 10.2 Å². The van der Waals surface area contributed by atoms with E-state index in [0.717, 1.165) is 17.9 Å². The molecule has 7 heteroatoms. The first-order valence-corrected chi connectivity index (χ1v) is 7.54. The number of rotatable bonds is 7. The first-order valence-electron chi connectivity index (χ1n) is 6.39. The standard InChI is InChI=1S/C12H22N2O4S/c1-14(9-5-7-19-8-9)12(17)13-10(11(15)16)4-3-6-18-2/h9-10H,3-8H2,1-2H3,(H,13,17)(H,15,16). The lowest BCUT2D eigenvalue weighted by Crippen LogP contribution is -2.49. The number of nitrogens with zero attached hydrogens (tertiary/aromatic N) is 1. The third kappa shape index (κ3) is 5.28. The van der Waals surface area contributed by atoms with Crippen molar-refractivity contribution in [3.05, 3.63) is 0 Å². The van der Waals surface area contributed by atoms with E-state index in [9.17, 15) is 9.59 Å². The molecule has 2 amide bonds. The molecule has 0 aromatic heterocycles. The summed E-state index contributed by atoms with van der Waals surface area (Å²) in [6.45, 7) is 0.495. The Bertz CT molecular complexity index is 308. The van der Waals surface area contributed by atoms with Gasteiger partial charge in [-0.15, -0.1) is 0 Å². The quantitative estimate of drug-likeness (QED) is 0.684. The van der Waals surface area contributed by atoms with Gasteiger partial charge in [0, 0.05) is 32.6 Å². The molecule has 2 N–H and O–H groups in total. The highest BCUT2D eigenvalue weighted by Crippen LogP contribution is 2.21. The van der Waals surface area contributed by atoms with E-state index in [1.54, 1.807) is 19.1 Å². The molecule has 6 nitrogen and oxygen atoms in total. The van der Waals surface area contributed by atoms with Crippen LogP contribution in [0.4, 0.5) is 4.79 Å². The fourth-order valence-corrected chi connectivity index (χ4v) is 3.20. The van der Waals surface area contributed by atoms with Gasteiger partial charge in [-0.25, -0.2) is 9.59 Å².